The van der Waals surface area contributed by atoms with Gasteiger partial charge in [0.2, 0.25) is 0 Å². The first-order valence-corrected chi connectivity index (χ1v) is 7.41. The van der Waals surface area contributed by atoms with Gasteiger partial charge in [0.1, 0.15) is 11.9 Å². The Labute approximate surface area is 114 Å². The van der Waals surface area contributed by atoms with Crippen molar-refractivity contribution < 1.29 is 4.74 Å². The van der Waals surface area contributed by atoms with Gasteiger partial charge in [-0.1, -0.05) is 18.2 Å². The number of para-hydroxylation sites is 1. The summed E-state index contributed by atoms with van der Waals surface area (Å²) in [6, 6.07) is 8.39. The van der Waals surface area contributed by atoms with E-state index in [1.165, 1.54) is 24.9 Å². The van der Waals surface area contributed by atoms with E-state index in [-0.39, 0.29) is 0 Å². The number of halogens is 1. The van der Waals surface area contributed by atoms with E-state index in [0.29, 0.717) is 12.0 Å². The number of benzene rings is 1. The van der Waals surface area contributed by atoms with Crippen LogP contribution in [0.15, 0.2) is 24.3 Å². The summed E-state index contributed by atoms with van der Waals surface area (Å²) in [4.78, 5) is 2.52. The lowest BCUT2D eigenvalue weighted by Crippen LogP contribution is -2.41. The molecule has 0 aliphatic carbocycles. The van der Waals surface area contributed by atoms with Gasteiger partial charge in [0.15, 0.2) is 0 Å². The first-order chi connectivity index (χ1) is 8.85. The minimum absolute atomic E-state index is 0.330. The van der Waals surface area contributed by atoms with Crippen molar-refractivity contribution in [1.29, 1.82) is 0 Å². The highest BCUT2D eigenvalue weighted by atomic mass is 35.5. The summed E-state index contributed by atoms with van der Waals surface area (Å²) >= 11 is 5.98. The molecule has 2 atom stereocenters. The minimum Gasteiger partial charge on any atom is -0.488 e. The fraction of sp³-hybridized carbons (Fsp3) is 0.600. The summed E-state index contributed by atoms with van der Waals surface area (Å²) < 4.78 is 6.00. The quantitative estimate of drug-likeness (QED) is 0.779. The molecular formula is C15H20ClNO. The van der Waals surface area contributed by atoms with E-state index < -0.39 is 0 Å². The van der Waals surface area contributed by atoms with E-state index in [1.807, 2.05) is 6.07 Å². The van der Waals surface area contributed by atoms with Crippen molar-refractivity contribution in [3.8, 4) is 5.75 Å². The predicted molar refractivity (Wildman–Crippen MR) is 74.4 cm³/mol. The smallest absolute Gasteiger partial charge is 0.123 e. The Bertz CT molecular complexity index is 384. The van der Waals surface area contributed by atoms with Crippen molar-refractivity contribution in [1.82, 2.24) is 4.90 Å². The van der Waals surface area contributed by atoms with Crippen LogP contribution in [0.25, 0.3) is 0 Å². The fourth-order valence-electron chi connectivity index (χ4n) is 3.09. The van der Waals surface area contributed by atoms with Gasteiger partial charge in [-0.25, -0.2) is 0 Å². The second-order valence-electron chi connectivity index (χ2n) is 5.47. The van der Waals surface area contributed by atoms with Crippen molar-refractivity contribution >= 4 is 11.6 Å². The lowest BCUT2D eigenvalue weighted by molar-refractivity contribution is 0.116. The van der Waals surface area contributed by atoms with Crippen LogP contribution in [0.4, 0.5) is 0 Å². The molecule has 2 nitrogen and oxygen atoms in total. The molecule has 2 heterocycles. The van der Waals surface area contributed by atoms with E-state index in [1.54, 1.807) is 0 Å². The SMILES string of the molecule is ClCC1CCCN(CC2Cc3ccccc3O2)C1. The number of nitrogens with zero attached hydrogens (tertiary/aromatic N) is 1. The third-order valence-electron chi connectivity index (χ3n) is 4.00. The first kappa shape index (κ1) is 12.3. The van der Waals surface area contributed by atoms with Crippen molar-refractivity contribution in [3.05, 3.63) is 29.8 Å². The first-order valence-electron chi connectivity index (χ1n) is 6.88. The highest BCUT2D eigenvalue weighted by Gasteiger charge is 2.27. The van der Waals surface area contributed by atoms with Gasteiger partial charge < -0.3 is 4.74 Å². The molecule has 98 valence electrons. The molecule has 1 aromatic rings. The van der Waals surface area contributed by atoms with Crippen LogP contribution in [0.5, 0.6) is 5.75 Å². The van der Waals surface area contributed by atoms with Gasteiger partial charge in [0.25, 0.3) is 0 Å². The number of piperidine rings is 1. The van der Waals surface area contributed by atoms with E-state index in [2.05, 4.69) is 23.1 Å². The Hall–Kier alpha value is -0.730. The second-order valence-corrected chi connectivity index (χ2v) is 5.78. The molecule has 18 heavy (non-hydrogen) atoms. The topological polar surface area (TPSA) is 12.5 Å². The Morgan fingerprint density at radius 3 is 3.06 bits per heavy atom. The van der Waals surface area contributed by atoms with Crippen LogP contribution in [0.3, 0.4) is 0 Å². The highest BCUT2D eigenvalue weighted by Crippen LogP contribution is 2.29. The molecular weight excluding hydrogens is 246 g/mol. The Kier molecular flexibility index (Phi) is 3.76. The average Bonchev–Trinajstić information content (AvgIpc) is 2.81. The number of hydrogen-bond acceptors (Lipinski definition) is 2. The maximum atomic E-state index is 6.00. The molecule has 2 aliphatic rings. The summed E-state index contributed by atoms with van der Waals surface area (Å²) in [5, 5.41) is 0. The van der Waals surface area contributed by atoms with Crippen LogP contribution in [0.1, 0.15) is 18.4 Å². The second kappa shape index (κ2) is 5.50. The molecule has 2 unspecified atom stereocenters. The standard InChI is InChI=1S/C15H20ClNO/c16-9-12-4-3-7-17(10-12)11-14-8-13-5-1-2-6-15(13)18-14/h1-2,5-6,12,14H,3-4,7-11H2. The maximum absolute atomic E-state index is 6.00. The lowest BCUT2D eigenvalue weighted by atomic mass is 9.99. The van der Waals surface area contributed by atoms with Gasteiger partial charge in [-0.3, -0.25) is 4.90 Å². The summed E-state index contributed by atoms with van der Waals surface area (Å²) in [7, 11) is 0. The average molecular weight is 266 g/mol. The van der Waals surface area contributed by atoms with E-state index >= 15 is 0 Å². The van der Waals surface area contributed by atoms with Crippen LogP contribution in [0, 0.1) is 5.92 Å². The normalized spacial score (nSPS) is 27.8. The van der Waals surface area contributed by atoms with Crippen LogP contribution < -0.4 is 4.74 Å². The number of rotatable bonds is 3. The molecule has 0 radical (unpaired) electrons. The monoisotopic (exact) mass is 265 g/mol. The zero-order chi connectivity index (χ0) is 12.4. The predicted octanol–water partition coefficient (Wildman–Crippen LogP) is 2.94. The van der Waals surface area contributed by atoms with E-state index in [9.17, 15) is 0 Å². The largest absolute Gasteiger partial charge is 0.488 e. The number of alkyl halides is 1. The fourth-order valence-corrected chi connectivity index (χ4v) is 3.34. The number of ether oxygens (including phenoxy) is 1. The zero-order valence-electron chi connectivity index (χ0n) is 10.6. The Morgan fingerprint density at radius 1 is 1.33 bits per heavy atom. The molecule has 0 aromatic heterocycles. The molecule has 1 fully saturated rings. The van der Waals surface area contributed by atoms with Crippen LogP contribution in [-0.4, -0.2) is 36.5 Å². The molecule has 3 heteroatoms. The maximum Gasteiger partial charge on any atom is 0.123 e. The molecule has 0 N–H and O–H groups in total. The van der Waals surface area contributed by atoms with Crippen LogP contribution in [-0.2, 0) is 6.42 Å². The van der Waals surface area contributed by atoms with Gasteiger partial charge in [0, 0.05) is 25.4 Å². The Morgan fingerprint density at radius 2 is 2.22 bits per heavy atom. The van der Waals surface area contributed by atoms with Crippen molar-refractivity contribution in [3.63, 3.8) is 0 Å². The molecule has 0 saturated carbocycles. The third kappa shape index (κ3) is 2.65. The van der Waals surface area contributed by atoms with Gasteiger partial charge in [-0.05, 0) is 36.9 Å². The summed E-state index contributed by atoms with van der Waals surface area (Å²) in [5.41, 5.74) is 1.36. The van der Waals surface area contributed by atoms with Crippen molar-refractivity contribution in [2.45, 2.75) is 25.4 Å². The number of likely N-dealkylation sites (tertiary alicyclic amines) is 1. The molecule has 0 amide bonds. The van der Waals surface area contributed by atoms with Crippen LogP contribution in [0.2, 0.25) is 0 Å². The van der Waals surface area contributed by atoms with Gasteiger partial charge >= 0.3 is 0 Å². The van der Waals surface area contributed by atoms with E-state index in [0.717, 1.165) is 31.1 Å². The highest BCUT2D eigenvalue weighted by molar-refractivity contribution is 6.18. The van der Waals surface area contributed by atoms with Gasteiger partial charge in [-0.15, -0.1) is 11.6 Å². The van der Waals surface area contributed by atoms with Crippen molar-refractivity contribution in [2.24, 2.45) is 5.92 Å². The summed E-state index contributed by atoms with van der Waals surface area (Å²) in [5.74, 6) is 2.54. The van der Waals surface area contributed by atoms with E-state index in [4.69, 9.17) is 16.3 Å². The molecule has 1 aromatic carbocycles. The molecule has 0 spiro atoms. The number of fused-ring (bicyclic) bond motifs is 1. The van der Waals surface area contributed by atoms with Crippen LogP contribution >= 0.6 is 11.6 Å². The summed E-state index contributed by atoms with van der Waals surface area (Å²) in [6.07, 6.45) is 3.94. The number of hydrogen-bond donors (Lipinski definition) is 0. The molecule has 2 aliphatic heterocycles. The summed E-state index contributed by atoms with van der Waals surface area (Å²) in [6.45, 7) is 3.38. The molecule has 3 rings (SSSR count). The molecule has 0 bridgehead atoms. The van der Waals surface area contributed by atoms with Crippen molar-refractivity contribution in [2.75, 3.05) is 25.5 Å². The van der Waals surface area contributed by atoms with Gasteiger partial charge in [0.05, 0.1) is 0 Å². The Balaban J connectivity index is 1.56. The minimum atomic E-state index is 0.330. The lowest BCUT2D eigenvalue weighted by Gasteiger charge is -2.33. The zero-order valence-corrected chi connectivity index (χ0v) is 11.4. The third-order valence-corrected chi connectivity index (χ3v) is 4.43. The molecule has 1 saturated heterocycles. The van der Waals surface area contributed by atoms with Gasteiger partial charge in [-0.2, -0.15) is 0 Å².